The SMILES string of the molecule is CC(C)CN(c1ccc(N)c2ccncc12)C1CC1. The molecular formula is C16H21N3. The summed E-state index contributed by atoms with van der Waals surface area (Å²) < 4.78 is 0. The lowest BCUT2D eigenvalue weighted by Crippen LogP contribution is -2.30. The van der Waals surface area contributed by atoms with Gasteiger partial charge in [-0.3, -0.25) is 4.98 Å². The fourth-order valence-corrected chi connectivity index (χ4v) is 2.67. The second-order valence-corrected chi connectivity index (χ2v) is 5.87. The van der Waals surface area contributed by atoms with Gasteiger partial charge in [0.05, 0.1) is 0 Å². The van der Waals surface area contributed by atoms with Gasteiger partial charge in [-0.25, -0.2) is 0 Å². The smallest absolute Gasteiger partial charge is 0.0465 e. The van der Waals surface area contributed by atoms with Gasteiger partial charge in [-0.1, -0.05) is 13.8 Å². The number of pyridine rings is 1. The van der Waals surface area contributed by atoms with E-state index in [1.54, 1.807) is 0 Å². The van der Waals surface area contributed by atoms with Crippen LogP contribution in [0.2, 0.25) is 0 Å². The van der Waals surface area contributed by atoms with Crippen molar-refractivity contribution in [3.63, 3.8) is 0 Å². The van der Waals surface area contributed by atoms with Gasteiger partial charge < -0.3 is 10.6 Å². The van der Waals surface area contributed by atoms with Crippen molar-refractivity contribution in [1.29, 1.82) is 0 Å². The van der Waals surface area contributed by atoms with E-state index >= 15 is 0 Å². The first-order chi connectivity index (χ1) is 9.16. The van der Waals surface area contributed by atoms with E-state index < -0.39 is 0 Å². The molecule has 0 saturated heterocycles. The molecule has 0 aliphatic heterocycles. The number of hydrogen-bond donors (Lipinski definition) is 1. The van der Waals surface area contributed by atoms with E-state index in [1.165, 1.54) is 23.9 Å². The van der Waals surface area contributed by atoms with Crippen LogP contribution in [0, 0.1) is 5.92 Å². The maximum atomic E-state index is 6.07. The number of nitrogen functional groups attached to an aromatic ring is 1. The summed E-state index contributed by atoms with van der Waals surface area (Å²) in [5.74, 6) is 0.657. The second kappa shape index (κ2) is 4.72. The van der Waals surface area contributed by atoms with Crippen molar-refractivity contribution in [1.82, 2.24) is 4.98 Å². The largest absolute Gasteiger partial charge is 0.398 e. The Morgan fingerprint density at radius 3 is 2.74 bits per heavy atom. The molecule has 0 bridgehead atoms. The lowest BCUT2D eigenvalue weighted by molar-refractivity contribution is 0.608. The maximum Gasteiger partial charge on any atom is 0.0465 e. The summed E-state index contributed by atoms with van der Waals surface area (Å²) in [5.41, 5.74) is 8.19. The Morgan fingerprint density at radius 1 is 1.26 bits per heavy atom. The normalized spacial score (nSPS) is 15.1. The minimum Gasteiger partial charge on any atom is -0.398 e. The number of rotatable bonds is 4. The van der Waals surface area contributed by atoms with E-state index in [-0.39, 0.29) is 0 Å². The van der Waals surface area contributed by atoms with Gasteiger partial charge in [0.25, 0.3) is 0 Å². The summed E-state index contributed by atoms with van der Waals surface area (Å²) >= 11 is 0. The van der Waals surface area contributed by atoms with Crippen molar-refractivity contribution in [3.8, 4) is 0 Å². The zero-order chi connectivity index (χ0) is 13.4. The maximum absolute atomic E-state index is 6.07. The average Bonchev–Trinajstić information content (AvgIpc) is 3.21. The molecule has 1 heterocycles. The van der Waals surface area contributed by atoms with Gasteiger partial charge >= 0.3 is 0 Å². The monoisotopic (exact) mass is 255 g/mol. The highest BCUT2D eigenvalue weighted by Gasteiger charge is 2.30. The highest BCUT2D eigenvalue weighted by atomic mass is 15.2. The molecule has 3 rings (SSSR count). The lowest BCUT2D eigenvalue weighted by Gasteiger charge is -2.28. The fraction of sp³-hybridized carbons (Fsp3) is 0.438. The Bertz CT molecular complexity index is 588. The standard InChI is InChI=1S/C16H21N3/c1-11(2)10-19(12-3-4-12)16-6-5-15(17)13-7-8-18-9-14(13)16/h5-9,11-12H,3-4,10,17H2,1-2H3. The molecular weight excluding hydrogens is 234 g/mol. The predicted molar refractivity (Wildman–Crippen MR) is 81.4 cm³/mol. The summed E-state index contributed by atoms with van der Waals surface area (Å²) in [6.07, 6.45) is 6.36. The number of benzene rings is 1. The van der Waals surface area contributed by atoms with Crippen molar-refractivity contribution in [2.45, 2.75) is 32.7 Å². The van der Waals surface area contributed by atoms with Gasteiger partial charge in [-0.2, -0.15) is 0 Å². The van der Waals surface area contributed by atoms with Crippen LogP contribution in [0.3, 0.4) is 0 Å². The zero-order valence-corrected chi connectivity index (χ0v) is 11.6. The number of fused-ring (bicyclic) bond motifs is 1. The van der Waals surface area contributed by atoms with Crippen LogP contribution in [0.15, 0.2) is 30.6 Å². The van der Waals surface area contributed by atoms with Gasteiger partial charge in [-0.15, -0.1) is 0 Å². The Balaban J connectivity index is 2.10. The molecule has 1 aliphatic carbocycles. The molecule has 2 aromatic rings. The summed E-state index contributed by atoms with van der Waals surface area (Å²) in [4.78, 5) is 6.81. The average molecular weight is 255 g/mol. The molecule has 100 valence electrons. The van der Waals surface area contributed by atoms with Crippen LogP contribution in [0.4, 0.5) is 11.4 Å². The third-order valence-corrected chi connectivity index (χ3v) is 3.69. The highest BCUT2D eigenvalue weighted by molar-refractivity contribution is 6.01. The number of anilines is 2. The van der Waals surface area contributed by atoms with Crippen LogP contribution >= 0.6 is 0 Å². The van der Waals surface area contributed by atoms with Crippen LogP contribution in [0.5, 0.6) is 0 Å². The van der Waals surface area contributed by atoms with Crippen molar-refractivity contribution >= 4 is 22.1 Å². The van der Waals surface area contributed by atoms with Crippen LogP contribution in [-0.4, -0.2) is 17.6 Å². The quantitative estimate of drug-likeness (QED) is 0.851. The number of nitrogens with zero attached hydrogens (tertiary/aromatic N) is 2. The molecule has 1 fully saturated rings. The zero-order valence-electron chi connectivity index (χ0n) is 11.6. The topological polar surface area (TPSA) is 42.1 Å². The Kier molecular flexibility index (Phi) is 3.05. The molecule has 0 atom stereocenters. The molecule has 19 heavy (non-hydrogen) atoms. The van der Waals surface area contributed by atoms with Crippen molar-refractivity contribution < 1.29 is 0 Å². The van der Waals surface area contributed by atoms with Gasteiger partial charge in [-0.05, 0) is 37.0 Å². The minimum atomic E-state index is 0.657. The number of hydrogen-bond acceptors (Lipinski definition) is 3. The second-order valence-electron chi connectivity index (χ2n) is 5.87. The lowest BCUT2D eigenvalue weighted by atomic mass is 10.1. The third kappa shape index (κ3) is 2.37. The van der Waals surface area contributed by atoms with E-state index in [0.29, 0.717) is 12.0 Å². The molecule has 0 radical (unpaired) electrons. The molecule has 0 spiro atoms. The van der Waals surface area contributed by atoms with Crippen LogP contribution < -0.4 is 10.6 Å². The van der Waals surface area contributed by atoms with Crippen LogP contribution in [-0.2, 0) is 0 Å². The molecule has 0 unspecified atom stereocenters. The predicted octanol–water partition coefficient (Wildman–Crippen LogP) is 3.44. The molecule has 0 amide bonds. The van der Waals surface area contributed by atoms with Crippen molar-refractivity contribution in [3.05, 3.63) is 30.6 Å². The van der Waals surface area contributed by atoms with Crippen LogP contribution in [0.25, 0.3) is 10.8 Å². The Hall–Kier alpha value is -1.77. The van der Waals surface area contributed by atoms with Crippen LogP contribution in [0.1, 0.15) is 26.7 Å². The van der Waals surface area contributed by atoms with Gasteiger partial charge in [0.15, 0.2) is 0 Å². The summed E-state index contributed by atoms with van der Waals surface area (Å²) in [6, 6.07) is 6.89. The molecule has 1 aromatic heterocycles. The van der Waals surface area contributed by atoms with E-state index in [0.717, 1.165) is 17.6 Å². The molecule has 3 nitrogen and oxygen atoms in total. The van der Waals surface area contributed by atoms with E-state index in [2.05, 4.69) is 29.8 Å². The minimum absolute atomic E-state index is 0.657. The first-order valence-corrected chi connectivity index (χ1v) is 7.05. The summed E-state index contributed by atoms with van der Waals surface area (Å²) in [7, 11) is 0. The van der Waals surface area contributed by atoms with E-state index in [9.17, 15) is 0 Å². The summed E-state index contributed by atoms with van der Waals surface area (Å²) in [6.45, 7) is 5.64. The third-order valence-electron chi connectivity index (χ3n) is 3.69. The Morgan fingerprint density at radius 2 is 2.05 bits per heavy atom. The number of nitrogens with two attached hydrogens (primary N) is 1. The van der Waals surface area contributed by atoms with Gasteiger partial charge in [0.1, 0.15) is 0 Å². The Labute approximate surface area is 114 Å². The molecule has 2 N–H and O–H groups in total. The molecule has 1 aliphatic rings. The van der Waals surface area contributed by atoms with Crippen molar-refractivity contribution in [2.24, 2.45) is 5.92 Å². The van der Waals surface area contributed by atoms with Crippen molar-refractivity contribution in [2.75, 3.05) is 17.2 Å². The molecule has 3 heteroatoms. The highest BCUT2D eigenvalue weighted by Crippen LogP contribution is 2.37. The van der Waals surface area contributed by atoms with E-state index in [1.807, 2.05) is 24.5 Å². The summed E-state index contributed by atoms with van der Waals surface area (Å²) in [5, 5.41) is 2.29. The molecule has 1 saturated carbocycles. The first-order valence-electron chi connectivity index (χ1n) is 7.05. The molecule has 1 aromatic carbocycles. The van der Waals surface area contributed by atoms with Gasteiger partial charge in [0, 0.05) is 47.1 Å². The van der Waals surface area contributed by atoms with E-state index in [4.69, 9.17) is 5.73 Å². The first kappa shape index (κ1) is 12.3. The number of aromatic nitrogens is 1. The van der Waals surface area contributed by atoms with Gasteiger partial charge in [0.2, 0.25) is 0 Å². The fourth-order valence-electron chi connectivity index (χ4n) is 2.67.